The lowest BCUT2D eigenvalue weighted by atomic mass is 9.79. The first-order valence-electron chi connectivity index (χ1n) is 13.8. The molecule has 2 heterocycles. The van der Waals surface area contributed by atoms with Crippen molar-refractivity contribution >= 4 is 21.6 Å². The van der Waals surface area contributed by atoms with E-state index in [0.717, 1.165) is 0 Å². The van der Waals surface area contributed by atoms with Crippen LogP contribution in [0.25, 0.3) is 16.9 Å². The van der Waals surface area contributed by atoms with Gasteiger partial charge in [0, 0.05) is 22.4 Å². The predicted molar refractivity (Wildman–Crippen MR) is 165 cm³/mol. The van der Waals surface area contributed by atoms with Crippen molar-refractivity contribution in [2.75, 3.05) is 18.5 Å². The second kappa shape index (κ2) is 10.7. The first-order valence-corrected chi connectivity index (χ1v) is 15.4. The standard InChI is InChI=1S/C32H36N4O6S/c1-31(2,3)23-16-20(17-24(29(23)37)32(4,5)6)34-30(38)25-18-26(19-7-12-27-28(15-19)42-14-13-41-27)36(35-25)21-8-10-22(11-9-21)43(33,39)40/h7-12,15-18,37H,13-14H2,1-6H3,(H,34,38)(H2,33,39,40). The van der Waals surface area contributed by atoms with Crippen molar-refractivity contribution in [2.45, 2.75) is 57.3 Å². The van der Waals surface area contributed by atoms with Gasteiger partial charge in [-0.3, -0.25) is 4.79 Å². The highest BCUT2D eigenvalue weighted by Gasteiger charge is 2.28. The van der Waals surface area contributed by atoms with Crippen molar-refractivity contribution < 1.29 is 27.8 Å². The second-order valence-corrected chi connectivity index (χ2v) is 14.2. The Kier molecular flexibility index (Phi) is 7.52. The van der Waals surface area contributed by atoms with Gasteiger partial charge >= 0.3 is 0 Å². The minimum absolute atomic E-state index is 0.0427. The average Bonchev–Trinajstić information content (AvgIpc) is 3.38. The van der Waals surface area contributed by atoms with Gasteiger partial charge in [0.15, 0.2) is 17.2 Å². The molecule has 11 heteroatoms. The van der Waals surface area contributed by atoms with Crippen LogP contribution < -0.4 is 19.9 Å². The van der Waals surface area contributed by atoms with Gasteiger partial charge in [-0.15, -0.1) is 0 Å². The number of rotatable bonds is 5. The van der Waals surface area contributed by atoms with Crippen molar-refractivity contribution in [3.8, 4) is 34.2 Å². The van der Waals surface area contributed by atoms with E-state index >= 15 is 0 Å². The molecule has 1 aliphatic heterocycles. The lowest BCUT2D eigenvalue weighted by Crippen LogP contribution is -2.19. The summed E-state index contributed by atoms with van der Waals surface area (Å²) < 4.78 is 36.6. The van der Waals surface area contributed by atoms with Gasteiger partial charge in [-0.25, -0.2) is 18.2 Å². The van der Waals surface area contributed by atoms with Crippen molar-refractivity contribution in [1.29, 1.82) is 0 Å². The number of primary sulfonamides is 1. The lowest BCUT2D eigenvalue weighted by Gasteiger charge is -2.28. The molecule has 0 saturated carbocycles. The molecule has 0 unspecified atom stereocenters. The first-order chi connectivity index (χ1) is 20.0. The molecule has 1 aromatic heterocycles. The Labute approximate surface area is 251 Å². The minimum Gasteiger partial charge on any atom is -0.507 e. The summed E-state index contributed by atoms with van der Waals surface area (Å²) in [5.74, 6) is 0.948. The molecule has 3 aromatic carbocycles. The molecule has 4 N–H and O–H groups in total. The average molecular weight is 605 g/mol. The van der Waals surface area contributed by atoms with Crippen molar-refractivity contribution in [3.63, 3.8) is 0 Å². The number of nitrogens with two attached hydrogens (primary N) is 1. The van der Waals surface area contributed by atoms with Gasteiger partial charge < -0.3 is 19.9 Å². The summed E-state index contributed by atoms with van der Waals surface area (Å²) in [5.41, 5.74) is 3.14. The number of carbonyl (C=O) groups is 1. The van der Waals surface area contributed by atoms with Crippen LogP contribution in [0.4, 0.5) is 5.69 Å². The molecule has 0 fully saturated rings. The largest absolute Gasteiger partial charge is 0.507 e. The van der Waals surface area contributed by atoms with Crippen LogP contribution in [0, 0.1) is 0 Å². The van der Waals surface area contributed by atoms with Gasteiger partial charge in [0.25, 0.3) is 5.91 Å². The monoisotopic (exact) mass is 604 g/mol. The van der Waals surface area contributed by atoms with Crippen LogP contribution >= 0.6 is 0 Å². The van der Waals surface area contributed by atoms with Crippen LogP contribution in [-0.4, -0.2) is 42.4 Å². The van der Waals surface area contributed by atoms with Gasteiger partial charge in [-0.1, -0.05) is 41.5 Å². The Morgan fingerprint density at radius 1 is 0.884 bits per heavy atom. The number of nitrogens with zero attached hydrogens (tertiary/aromatic N) is 2. The van der Waals surface area contributed by atoms with Crippen LogP contribution in [0.2, 0.25) is 0 Å². The zero-order valence-corrected chi connectivity index (χ0v) is 25.9. The molecule has 0 spiro atoms. The number of benzene rings is 3. The molecule has 4 aromatic rings. The molecule has 5 rings (SSSR count). The maximum Gasteiger partial charge on any atom is 0.276 e. The van der Waals surface area contributed by atoms with E-state index in [1.54, 1.807) is 41.1 Å². The quantitative estimate of drug-likeness (QED) is 0.255. The third-order valence-corrected chi connectivity index (χ3v) is 8.10. The van der Waals surface area contributed by atoms with Crippen LogP contribution in [0.3, 0.4) is 0 Å². The summed E-state index contributed by atoms with van der Waals surface area (Å²) in [6.07, 6.45) is 0. The van der Waals surface area contributed by atoms with Crippen LogP contribution in [0.1, 0.15) is 63.2 Å². The van der Waals surface area contributed by atoms with Crippen LogP contribution in [-0.2, 0) is 20.9 Å². The first kappa shape index (κ1) is 30.1. The van der Waals surface area contributed by atoms with Gasteiger partial charge in [0.1, 0.15) is 19.0 Å². The van der Waals surface area contributed by atoms with Gasteiger partial charge in [-0.05, 0) is 71.5 Å². The van der Waals surface area contributed by atoms with E-state index in [0.29, 0.717) is 58.5 Å². The van der Waals surface area contributed by atoms with Crippen LogP contribution in [0.5, 0.6) is 17.2 Å². The maximum atomic E-state index is 13.7. The number of nitrogens with one attached hydrogen (secondary N) is 1. The molecule has 0 bridgehead atoms. The summed E-state index contributed by atoms with van der Waals surface area (Å²) in [4.78, 5) is 13.6. The number of fused-ring (bicyclic) bond motifs is 1. The molecule has 43 heavy (non-hydrogen) atoms. The van der Waals surface area contributed by atoms with Gasteiger partial charge in [-0.2, -0.15) is 5.10 Å². The second-order valence-electron chi connectivity index (χ2n) is 12.6. The molecule has 1 aliphatic rings. The number of anilines is 1. The fourth-order valence-electron chi connectivity index (χ4n) is 4.92. The Morgan fingerprint density at radius 2 is 1.47 bits per heavy atom. The molecular formula is C32H36N4O6S. The highest BCUT2D eigenvalue weighted by molar-refractivity contribution is 7.89. The number of aromatic nitrogens is 2. The number of carbonyl (C=O) groups excluding carboxylic acids is 1. The molecule has 0 saturated heterocycles. The third kappa shape index (κ3) is 6.23. The number of aromatic hydroxyl groups is 1. The topological polar surface area (TPSA) is 146 Å². The van der Waals surface area contributed by atoms with Crippen molar-refractivity contribution in [1.82, 2.24) is 9.78 Å². The van der Waals surface area contributed by atoms with Gasteiger partial charge in [0.05, 0.1) is 16.3 Å². The number of hydrogen-bond acceptors (Lipinski definition) is 7. The Hall–Kier alpha value is -4.35. The summed E-state index contributed by atoms with van der Waals surface area (Å²) in [7, 11) is -3.89. The molecule has 0 radical (unpaired) electrons. The molecule has 226 valence electrons. The number of phenols is 1. The number of hydrogen-bond donors (Lipinski definition) is 3. The van der Waals surface area contributed by atoms with E-state index < -0.39 is 15.9 Å². The third-order valence-electron chi connectivity index (χ3n) is 7.17. The van der Waals surface area contributed by atoms with E-state index in [2.05, 4.69) is 10.4 Å². The highest BCUT2D eigenvalue weighted by Crippen LogP contribution is 2.41. The lowest BCUT2D eigenvalue weighted by molar-refractivity contribution is 0.102. The molecular weight excluding hydrogens is 568 g/mol. The van der Waals surface area contributed by atoms with Crippen LogP contribution in [0.15, 0.2) is 65.6 Å². The van der Waals surface area contributed by atoms with E-state index in [4.69, 9.17) is 14.6 Å². The minimum atomic E-state index is -3.89. The van der Waals surface area contributed by atoms with E-state index in [1.807, 2.05) is 53.7 Å². The van der Waals surface area contributed by atoms with E-state index in [9.17, 15) is 18.3 Å². The predicted octanol–water partition coefficient (Wildman–Crippen LogP) is 5.51. The highest BCUT2D eigenvalue weighted by atomic mass is 32.2. The molecule has 1 amide bonds. The summed E-state index contributed by atoms with van der Waals surface area (Å²) in [6.45, 7) is 12.9. The molecule has 10 nitrogen and oxygen atoms in total. The summed E-state index contributed by atoms with van der Waals surface area (Å²) >= 11 is 0. The number of ether oxygens (including phenoxy) is 2. The Balaban J connectivity index is 1.59. The van der Waals surface area contributed by atoms with Gasteiger partial charge in [0.2, 0.25) is 10.0 Å². The Bertz CT molecular complexity index is 1780. The normalized spacial score (nSPS) is 13.6. The SMILES string of the molecule is CC(C)(C)c1cc(NC(=O)c2cc(-c3ccc4c(c3)OCCO4)n(-c3ccc(S(N)(=O)=O)cc3)n2)cc(C(C)(C)C)c1O. The number of phenolic OH excluding ortho intramolecular Hbond substituents is 1. The fraction of sp³-hybridized carbons (Fsp3) is 0.312. The van der Waals surface area contributed by atoms with Crippen molar-refractivity contribution in [3.05, 3.63) is 77.5 Å². The van der Waals surface area contributed by atoms with E-state index in [-0.39, 0.29) is 27.2 Å². The summed E-state index contributed by atoms with van der Waals surface area (Å²) in [5, 5.41) is 24.0. The number of amides is 1. The Morgan fingerprint density at radius 3 is 2.02 bits per heavy atom. The number of sulfonamides is 1. The summed E-state index contributed by atoms with van der Waals surface area (Å²) in [6, 6.07) is 16.6. The fourth-order valence-corrected chi connectivity index (χ4v) is 5.43. The van der Waals surface area contributed by atoms with E-state index in [1.165, 1.54) is 12.1 Å². The zero-order chi connectivity index (χ0) is 31.3. The van der Waals surface area contributed by atoms with Crippen molar-refractivity contribution in [2.24, 2.45) is 5.14 Å². The smallest absolute Gasteiger partial charge is 0.276 e. The molecule has 0 aliphatic carbocycles. The zero-order valence-electron chi connectivity index (χ0n) is 25.1. The maximum absolute atomic E-state index is 13.7. The molecule has 0 atom stereocenters.